The zero-order valence-electron chi connectivity index (χ0n) is 9.46. The molecule has 1 unspecified atom stereocenters. The highest BCUT2D eigenvalue weighted by atomic mass is 79.9. The van der Waals surface area contributed by atoms with E-state index < -0.39 is 4.92 Å². The predicted molar refractivity (Wildman–Crippen MR) is 74.9 cm³/mol. The molecule has 0 radical (unpaired) electrons. The number of rotatable bonds is 4. The van der Waals surface area contributed by atoms with Crippen LogP contribution in [-0.2, 0) is 0 Å². The summed E-state index contributed by atoms with van der Waals surface area (Å²) in [6.07, 6.45) is 1.72. The SMILES string of the molecule is CC(Nc1cc(Br)ccc1[N+](=O)[O-])c1nccs1. The van der Waals surface area contributed by atoms with Crippen molar-refractivity contribution >= 4 is 38.6 Å². The first-order valence-electron chi connectivity index (χ1n) is 5.18. The molecule has 0 aliphatic rings. The third-order valence-corrected chi connectivity index (χ3v) is 3.80. The van der Waals surface area contributed by atoms with Crippen LogP contribution in [0.1, 0.15) is 18.0 Å². The standard InChI is InChI=1S/C11H10BrN3O2S/c1-7(11-13-4-5-18-11)14-9-6-8(12)2-3-10(9)15(16)17/h2-7,14H,1H3. The number of aromatic nitrogens is 1. The average Bonchev–Trinajstić information content (AvgIpc) is 2.81. The number of halogens is 1. The highest BCUT2D eigenvalue weighted by Crippen LogP contribution is 2.31. The van der Waals surface area contributed by atoms with Gasteiger partial charge in [-0.3, -0.25) is 10.1 Å². The van der Waals surface area contributed by atoms with E-state index in [4.69, 9.17) is 0 Å². The van der Waals surface area contributed by atoms with Crippen LogP contribution in [0.4, 0.5) is 11.4 Å². The zero-order chi connectivity index (χ0) is 13.1. The van der Waals surface area contributed by atoms with E-state index in [1.54, 1.807) is 18.3 Å². The van der Waals surface area contributed by atoms with Gasteiger partial charge in [-0.1, -0.05) is 15.9 Å². The molecular formula is C11H10BrN3O2S. The molecule has 0 bridgehead atoms. The monoisotopic (exact) mass is 327 g/mol. The summed E-state index contributed by atoms with van der Waals surface area (Å²) < 4.78 is 0.793. The molecule has 94 valence electrons. The van der Waals surface area contributed by atoms with Crippen LogP contribution in [0.3, 0.4) is 0 Å². The summed E-state index contributed by atoms with van der Waals surface area (Å²) in [6.45, 7) is 1.92. The Labute approximate surface area is 116 Å². The Balaban J connectivity index is 2.28. The lowest BCUT2D eigenvalue weighted by molar-refractivity contribution is -0.384. The highest BCUT2D eigenvalue weighted by Gasteiger charge is 2.17. The molecule has 0 amide bonds. The van der Waals surface area contributed by atoms with Crippen LogP contribution in [0.15, 0.2) is 34.2 Å². The number of thiazole rings is 1. The normalized spacial score (nSPS) is 12.1. The van der Waals surface area contributed by atoms with Gasteiger partial charge in [-0.15, -0.1) is 11.3 Å². The highest BCUT2D eigenvalue weighted by molar-refractivity contribution is 9.10. The number of nitro groups is 1. The molecule has 0 spiro atoms. The third kappa shape index (κ3) is 2.85. The molecule has 7 heteroatoms. The maximum absolute atomic E-state index is 10.9. The topological polar surface area (TPSA) is 68.1 Å². The molecule has 18 heavy (non-hydrogen) atoms. The predicted octanol–water partition coefficient (Wildman–Crippen LogP) is 3.99. The minimum Gasteiger partial charge on any atom is -0.370 e. The number of hydrogen-bond donors (Lipinski definition) is 1. The van der Waals surface area contributed by atoms with Gasteiger partial charge in [0.05, 0.1) is 11.0 Å². The summed E-state index contributed by atoms with van der Waals surface area (Å²) in [5.41, 5.74) is 0.540. The summed E-state index contributed by atoms with van der Waals surface area (Å²) >= 11 is 4.82. The fraction of sp³-hybridized carbons (Fsp3) is 0.182. The van der Waals surface area contributed by atoms with Crippen LogP contribution in [0.5, 0.6) is 0 Å². The maximum atomic E-state index is 10.9. The first-order chi connectivity index (χ1) is 8.58. The molecule has 5 nitrogen and oxygen atoms in total. The van der Waals surface area contributed by atoms with Gasteiger partial charge in [0.1, 0.15) is 10.7 Å². The molecular weight excluding hydrogens is 318 g/mol. The second kappa shape index (κ2) is 5.45. The Morgan fingerprint density at radius 3 is 2.94 bits per heavy atom. The van der Waals surface area contributed by atoms with Gasteiger partial charge >= 0.3 is 0 Å². The molecule has 2 aromatic rings. The summed E-state index contributed by atoms with van der Waals surface area (Å²) in [4.78, 5) is 14.7. The van der Waals surface area contributed by atoms with Crippen LogP contribution in [0, 0.1) is 10.1 Å². The number of nitrogens with one attached hydrogen (secondary N) is 1. The second-order valence-electron chi connectivity index (χ2n) is 3.65. The Hall–Kier alpha value is -1.47. The van der Waals surface area contributed by atoms with E-state index in [0.29, 0.717) is 5.69 Å². The molecule has 1 aromatic carbocycles. The summed E-state index contributed by atoms with van der Waals surface area (Å²) in [7, 11) is 0. The van der Waals surface area contributed by atoms with E-state index in [1.165, 1.54) is 17.4 Å². The molecule has 1 atom stereocenters. The van der Waals surface area contributed by atoms with E-state index in [2.05, 4.69) is 26.2 Å². The van der Waals surface area contributed by atoms with Crippen molar-refractivity contribution in [3.05, 3.63) is 49.4 Å². The van der Waals surface area contributed by atoms with Crippen LogP contribution in [0.2, 0.25) is 0 Å². The number of hydrogen-bond acceptors (Lipinski definition) is 5. The number of nitrogens with zero attached hydrogens (tertiary/aromatic N) is 2. The Kier molecular flexibility index (Phi) is 3.93. The fourth-order valence-corrected chi connectivity index (χ4v) is 2.53. The Morgan fingerprint density at radius 2 is 2.33 bits per heavy atom. The van der Waals surface area contributed by atoms with E-state index in [-0.39, 0.29) is 11.7 Å². The van der Waals surface area contributed by atoms with Gasteiger partial charge in [0.25, 0.3) is 5.69 Å². The van der Waals surface area contributed by atoms with Gasteiger partial charge < -0.3 is 5.32 Å². The van der Waals surface area contributed by atoms with E-state index in [9.17, 15) is 10.1 Å². The molecule has 1 aromatic heterocycles. The van der Waals surface area contributed by atoms with Crippen molar-refractivity contribution < 1.29 is 4.92 Å². The van der Waals surface area contributed by atoms with Crippen molar-refractivity contribution in [1.29, 1.82) is 0 Å². The Bertz CT molecular complexity index is 559. The number of benzene rings is 1. The van der Waals surface area contributed by atoms with Crippen LogP contribution in [0.25, 0.3) is 0 Å². The quantitative estimate of drug-likeness (QED) is 0.681. The van der Waals surface area contributed by atoms with Gasteiger partial charge in [-0.05, 0) is 19.1 Å². The first-order valence-corrected chi connectivity index (χ1v) is 6.85. The van der Waals surface area contributed by atoms with Crippen molar-refractivity contribution in [1.82, 2.24) is 4.98 Å². The number of anilines is 1. The lowest BCUT2D eigenvalue weighted by Crippen LogP contribution is -2.08. The van der Waals surface area contributed by atoms with Crippen LogP contribution >= 0.6 is 27.3 Å². The van der Waals surface area contributed by atoms with Crippen molar-refractivity contribution in [3.63, 3.8) is 0 Å². The summed E-state index contributed by atoms with van der Waals surface area (Å²) in [6, 6.07) is 4.75. The van der Waals surface area contributed by atoms with Crippen LogP contribution in [-0.4, -0.2) is 9.91 Å². The smallest absolute Gasteiger partial charge is 0.292 e. The molecule has 0 aliphatic heterocycles. The summed E-state index contributed by atoms with van der Waals surface area (Å²) in [5.74, 6) is 0. The Morgan fingerprint density at radius 1 is 1.56 bits per heavy atom. The molecule has 1 N–H and O–H groups in total. The first kappa shape index (κ1) is 13.0. The van der Waals surface area contributed by atoms with Crippen LogP contribution < -0.4 is 5.32 Å². The van der Waals surface area contributed by atoms with E-state index in [0.717, 1.165) is 9.48 Å². The van der Waals surface area contributed by atoms with Gasteiger partial charge in [-0.25, -0.2) is 4.98 Å². The van der Waals surface area contributed by atoms with Crippen molar-refractivity contribution in [2.24, 2.45) is 0 Å². The molecule has 0 fully saturated rings. The van der Waals surface area contributed by atoms with Crippen molar-refractivity contribution in [2.75, 3.05) is 5.32 Å². The van der Waals surface area contributed by atoms with E-state index >= 15 is 0 Å². The third-order valence-electron chi connectivity index (χ3n) is 2.35. The number of nitro benzene ring substituents is 1. The molecule has 0 saturated carbocycles. The van der Waals surface area contributed by atoms with Crippen molar-refractivity contribution in [2.45, 2.75) is 13.0 Å². The molecule has 2 rings (SSSR count). The second-order valence-corrected chi connectivity index (χ2v) is 5.50. The fourth-order valence-electron chi connectivity index (χ4n) is 1.53. The average molecular weight is 328 g/mol. The van der Waals surface area contributed by atoms with E-state index in [1.807, 2.05) is 12.3 Å². The van der Waals surface area contributed by atoms with Gasteiger partial charge in [0, 0.05) is 22.1 Å². The molecule has 0 saturated heterocycles. The molecule has 1 heterocycles. The lowest BCUT2D eigenvalue weighted by Gasteiger charge is -2.13. The molecule has 0 aliphatic carbocycles. The maximum Gasteiger partial charge on any atom is 0.292 e. The largest absolute Gasteiger partial charge is 0.370 e. The summed E-state index contributed by atoms with van der Waals surface area (Å²) in [5, 5.41) is 16.8. The lowest BCUT2D eigenvalue weighted by atomic mass is 10.2. The van der Waals surface area contributed by atoms with Crippen molar-refractivity contribution in [3.8, 4) is 0 Å². The zero-order valence-corrected chi connectivity index (χ0v) is 11.9. The minimum absolute atomic E-state index is 0.0570. The van der Waals surface area contributed by atoms with Gasteiger partial charge in [0.2, 0.25) is 0 Å². The van der Waals surface area contributed by atoms with Gasteiger partial charge in [-0.2, -0.15) is 0 Å². The van der Waals surface area contributed by atoms with Gasteiger partial charge in [0.15, 0.2) is 0 Å². The minimum atomic E-state index is -0.399.